The number of rotatable bonds is 4. The van der Waals surface area contributed by atoms with E-state index in [4.69, 9.17) is 16.3 Å². The molecule has 0 bridgehead atoms. The minimum absolute atomic E-state index is 0.0648. The fourth-order valence-corrected chi connectivity index (χ4v) is 5.80. The number of aryl methyl sites for hydroxylation is 1. The number of morpholine rings is 1. The highest BCUT2D eigenvalue weighted by atomic mass is 35.5. The van der Waals surface area contributed by atoms with Crippen LogP contribution in [0.4, 0.5) is 5.69 Å². The number of piperazine rings is 1. The van der Waals surface area contributed by atoms with E-state index in [9.17, 15) is 13.2 Å². The zero-order valence-electron chi connectivity index (χ0n) is 17.5. The third-order valence-corrected chi connectivity index (χ3v) is 7.98. The molecule has 2 aromatic rings. The van der Waals surface area contributed by atoms with Crippen LogP contribution in [-0.4, -0.2) is 76.0 Å². The van der Waals surface area contributed by atoms with Crippen LogP contribution >= 0.6 is 11.6 Å². The average Bonchev–Trinajstić information content (AvgIpc) is 2.81. The summed E-state index contributed by atoms with van der Waals surface area (Å²) in [6.45, 7) is 5.69. The van der Waals surface area contributed by atoms with Crippen molar-refractivity contribution in [2.45, 2.75) is 11.8 Å². The molecule has 31 heavy (non-hydrogen) atoms. The van der Waals surface area contributed by atoms with Gasteiger partial charge in [-0.15, -0.1) is 0 Å². The van der Waals surface area contributed by atoms with Gasteiger partial charge >= 0.3 is 0 Å². The zero-order chi connectivity index (χ0) is 22.0. The minimum atomic E-state index is -3.76. The summed E-state index contributed by atoms with van der Waals surface area (Å²) >= 11 is 6.16. The first-order valence-electron chi connectivity index (χ1n) is 10.4. The van der Waals surface area contributed by atoms with Crippen molar-refractivity contribution >= 4 is 33.2 Å². The Balaban J connectivity index is 1.52. The Kier molecular flexibility index (Phi) is 6.52. The molecule has 0 radical (unpaired) electrons. The summed E-state index contributed by atoms with van der Waals surface area (Å²) < 4.78 is 33.0. The third-order valence-electron chi connectivity index (χ3n) is 5.78. The maximum atomic E-state index is 13.3. The summed E-state index contributed by atoms with van der Waals surface area (Å²) in [5, 5.41) is 0.682. The molecule has 0 aromatic heterocycles. The highest BCUT2D eigenvalue weighted by molar-refractivity contribution is 7.89. The number of halogens is 1. The molecule has 4 rings (SSSR count). The Labute approximate surface area is 188 Å². The maximum absolute atomic E-state index is 13.3. The van der Waals surface area contributed by atoms with Crippen LogP contribution in [0.5, 0.6) is 0 Å². The second-order valence-electron chi connectivity index (χ2n) is 7.72. The molecule has 1 amide bonds. The number of carbonyl (C=O) groups is 1. The SMILES string of the molecule is Cc1ccc(Cl)cc1N1CCN(C(=O)c2ccccc2S(=O)(=O)N2CCOCC2)CC1. The molecule has 0 atom stereocenters. The van der Waals surface area contributed by atoms with Gasteiger partial charge in [0.15, 0.2) is 0 Å². The van der Waals surface area contributed by atoms with Crippen LogP contribution in [0.25, 0.3) is 0 Å². The van der Waals surface area contributed by atoms with E-state index in [2.05, 4.69) is 4.90 Å². The lowest BCUT2D eigenvalue weighted by molar-refractivity contribution is 0.0722. The fraction of sp³-hybridized carbons (Fsp3) is 0.409. The van der Waals surface area contributed by atoms with Crippen molar-refractivity contribution in [2.75, 3.05) is 57.4 Å². The van der Waals surface area contributed by atoms with Crippen LogP contribution < -0.4 is 4.90 Å². The summed E-state index contributed by atoms with van der Waals surface area (Å²) in [5.41, 5.74) is 2.42. The maximum Gasteiger partial charge on any atom is 0.255 e. The molecule has 2 heterocycles. The highest BCUT2D eigenvalue weighted by Gasteiger charge is 2.32. The summed E-state index contributed by atoms with van der Waals surface area (Å²) in [4.78, 5) is 17.3. The van der Waals surface area contributed by atoms with E-state index in [0.29, 0.717) is 57.5 Å². The molecule has 0 unspecified atom stereocenters. The molecule has 2 aromatic carbocycles. The standard InChI is InChI=1S/C22H26ClN3O4S/c1-17-6-7-18(23)16-20(17)24-8-10-25(11-9-24)22(27)19-4-2-3-5-21(19)31(28,29)26-12-14-30-15-13-26/h2-7,16H,8-15H2,1H3. The predicted octanol–water partition coefficient (Wildman–Crippen LogP) is 2.63. The summed E-state index contributed by atoms with van der Waals surface area (Å²) in [6.07, 6.45) is 0. The van der Waals surface area contributed by atoms with Gasteiger partial charge in [0.1, 0.15) is 0 Å². The molecule has 166 valence electrons. The van der Waals surface area contributed by atoms with Gasteiger partial charge in [0, 0.05) is 50.0 Å². The van der Waals surface area contributed by atoms with Gasteiger partial charge in [0.25, 0.3) is 5.91 Å². The van der Waals surface area contributed by atoms with Gasteiger partial charge in [0.05, 0.1) is 23.7 Å². The smallest absolute Gasteiger partial charge is 0.255 e. The van der Waals surface area contributed by atoms with Crippen molar-refractivity contribution < 1.29 is 17.9 Å². The Hall–Kier alpha value is -2.13. The van der Waals surface area contributed by atoms with Crippen molar-refractivity contribution in [3.8, 4) is 0 Å². The Morgan fingerprint density at radius 2 is 1.65 bits per heavy atom. The number of benzene rings is 2. The van der Waals surface area contributed by atoms with E-state index in [1.54, 1.807) is 23.1 Å². The number of carbonyl (C=O) groups excluding carboxylic acids is 1. The van der Waals surface area contributed by atoms with Gasteiger partial charge in [-0.05, 0) is 36.8 Å². The average molecular weight is 464 g/mol. The second-order valence-corrected chi connectivity index (χ2v) is 10.1. The van der Waals surface area contributed by atoms with Crippen LogP contribution in [0.15, 0.2) is 47.4 Å². The summed E-state index contributed by atoms with van der Waals surface area (Å²) in [7, 11) is -3.76. The zero-order valence-corrected chi connectivity index (χ0v) is 19.0. The number of sulfonamides is 1. The highest BCUT2D eigenvalue weighted by Crippen LogP contribution is 2.27. The molecule has 7 nitrogen and oxygen atoms in total. The lowest BCUT2D eigenvalue weighted by Crippen LogP contribution is -2.49. The normalized spacial score (nSPS) is 18.3. The molecular formula is C22H26ClN3O4S. The molecule has 9 heteroatoms. The van der Waals surface area contributed by atoms with Crippen molar-refractivity contribution in [2.24, 2.45) is 0 Å². The van der Waals surface area contributed by atoms with E-state index in [1.807, 2.05) is 25.1 Å². The van der Waals surface area contributed by atoms with Crippen molar-refractivity contribution in [1.29, 1.82) is 0 Å². The predicted molar refractivity (Wildman–Crippen MR) is 120 cm³/mol. The van der Waals surface area contributed by atoms with Crippen LogP contribution in [0.3, 0.4) is 0 Å². The molecule has 0 aliphatic carbocycles. The van der Waals surface area contributed by atoms with Gasteiger partial charge < -0.3 is 14.5 Å². The van der Waals surface area contributed by atoms with Gasteiger partial charge in [-0.3, -0.25) is 4.79 Å². The molecule has 0 saturated carbocycles. The molecule has 0 N–H and O–H groups in total. The van der Waals surface area contributed by atoms with Crippen molar-refractivity contribution in [1.82, 2.24) is 9.21 Å². The minimum Gasteiger partial charge on any atom is -0.379 e. The van der Waals surface area contributed by atoms with Crippen molar-refractivity contribution in [3.05, 3.63) is 58.6 Å². The van der Waals surface area contributed by atoms with Crippen molar-refractivity contribution in [3.63, 3.8) is 0 Å². The molecule has 2 aliphatic heterocycles. The van der Waals surface area contributed by atoms with E-state index in [1.165, 1.54) is 10.4 Å². The fourth-order valence-electron chi connectivity index (χ4n) is 4.04. The first kappa shape index (κ1) is 22.1. The van der Waals surface area contributed by atoms with Crippen LogP contribution in [-0.2, 0) is 14.8 Å². The van der Waals surface area contributed by atoms with E-state index >= 15 is 0 Å². The number of ether oxygens (including phenoxy) is 1. The third kappa shape index (κ3) is 4.57. The first-order chi connectivity index (χ1) is 14.9. The van der Waals surface area contributed by atoms with Crippen LogP contribution in [0, 0.1) is 6.92 Å². The Morgan fingerprint density at radius 3 is 2.35 bits per heavy atom. The molecule has 2 aliphatic rings. The molecule has 2 fully saturated rings. The quantitative estimate of drug-likeness (QED) is 0.697. The van der Waals surface area contributed by atoms with Gasteiger partial charge in [0.2, 0.25) is 10.0 Å². The molecule has 0 spiro atoms. The lowest BCUT2D eigenvalue weighted by atomic mass is 10.1. The number of hydrogen-bond donors (Lipinski definition) is 0. The molecule has 2 saturated heterocycles. The van der Waals surface area contributed by atoms with Gasteiger partial charge in [-0.2, -0.15) is 4.31 Å². The lowest BCUT2D eigenvalue weighted by Gasteiger charge is -2.37. The summed E-state index contributed by atoms with van der Waals surface area (Å²) in [6, 6.07) is 12.3. The Morgan fingerprint density at radius 1 is 0.968 bits per heavy atom. The molecular weight excluding hydrogens is 438 g/mol. The summed E-state index contributed by atoms with van der Waals surface area (Å²) in [5.74, 6) is -0.255. The van der Waals surface area contributed by atoms with Crippen LogP contribution in [0.1, 0.15) is 15.9 Å². The topological polar surface area (TPSA) is 70.2 Å². The number of hydrogen-bond acceptors (Lipinski definition) is 5. The van der Waals surface area contributed by atoms with Crippen LogP contribution in [0.2, 0.25) is 5.02 Å². The number of anilines is 1. The number of nitrogens with zero attached hydrogens (tertiary/aromatic N) is 3. The van der Waals surface area contributed by atoms with Gasteiger partial charge in [-0.1, -0.05) is 29.8 Å². The first-order valence-corrected chi connectivity index (χ1v) is 12.2. The van der Waals surface area contributed by atoms with E-state index in [-0.39, 0.29) is 16.4 Å². The second kappa shape index (κ2) is 9.16. The van der Waals surface area contributed by atoms with E-state index in [0.717, 1.165) is 11.3 Å². The van der Waals surface area contributed by atoms with Gasteiger partial charge in [-0.25, -0.2) is 8.42 Å². The van der Waals surface area contributed by atoms with E-state index < -0.39 is 10.0 Å². The largest absolute Gasteiger partial charge is 0.379 e. The Bertz CT molecular complexity index is 1060. The monoisotopic (exact) mass is 463 g/mol. The number of amides is 1.